The molecule has 0 fully saturated rings. The molecule has 0 radical (unpaired) electrons. The molecule has 100 valence electrons. The molecular weight excluding hydrogens is 228 g/mol. The van der Waals surface area contributed by atoms with Crippen LogP contribution >= 0.6 is 0 Å². The second kappa shape index (κ2) is 6.12. The number of ether oxygens (including phenoxy) is 2. The molecule has 0 aliphatic heterocycles. The van der Waals surface area contributed by atoms with Crippen molar-refractivity contribution < 1.29 is 14.3 Å². The Kier molecular flexibility index (Phi) is 5.05. The molecule has 0 aromatic heterocycles. The van der Waals surface area contributed by atoms with Gasteiger partial charge in [0.15, 0.2) is 0 Å². The second-order valence-electron chi connectivity index (χ2n) is 4.97. The van der Waals surface area contributed by atoms with Gasteiger partial charge >= 0.3 is 0 Å². The van der Waals surface area contributed by atoms with E-state index >= 15 is 0 Å². The van der Waals surface area contributed by atoms with Gasteiger partial charge in [0, 0.05) is 5.56 Å². The summed E-state index contributed by atoms with van der Waals surface area (Å²) in [6, 6.07) is 9.08. The zero-order valence-corrected chi connectivity index (χ0v) is 11.8. The summed E-state index contributed by atoms with van der Waals surface area (Å²) in [6.45, 7) is 9.24. The first kappa shape index (κ1) is 14.9. The van der Waals surface area contributed by atoms with E-state index in [0.29, 0.717) is 5.56 Å². The van der Waals surface area contributed by atoms with E-state index in [1.165, 1.54) is 0 Å². The van der Waals surface area contributed by atoms with Gasteiger partial charge in [0.05, 0.1) is 12.2 Å². The van der Waals surface area contributed by atoms with Crippen molar-refractivity contribution in [2.24, 2.45) is 0 Å². The lowest BCUT2D eigenvalue weighted by atomic mass is 10.0. The van der Waals surface area contributed by atoms with Crippen molar-refractivity contribution in [3.8, 4) is 0 Å². The molecule has 3 heteroatoms. The summed E-state index contributed by atoms with van der Waals surface area (Å²) in [6.07, 6.45) is -0.164. The Morgan fingerprint density at radius 3 is 1.83 bits per heavy atom. The number of hydrogen-bond acceptors (Lipinski definition) is 3. The predicted octanol–water partition coefficient (Wildman–Crippen LogP) is 3.44. The minimum Gasteiger partial charge on any atom is -0.341 e. The Labute approximate surface area is 109 Å². The van der Waals surface area contributed by atoms with Crippen LogP contribution in [-0.4, -0.2) is 23.8 Å². The van der Waals surface area contributed by atoms with Crippen molar-refractivity contribution in [1.82, 2.24) is 0 Å². The van der Waals surface area contributed by atoms with Crippen molar-refractivity contribution in [3.63, 3.8) is 0 Å². The summed E-state index contributed by atoms with van der Waals surface area (Å²) in [5, 5.41) is 0. The van der Waals surface area contributed by atoms with Crippen molar-refractivity contribution in [1.29, 1.82) is 0 Å². The molecule has 0 bridgehead atoms. The summed E-state index contributed by atoms with van der Waals surface area (Å²) < 4.78 is 11.4. The molecule has 0 heterocycles. The van der Waals surface area contributed by atoms with Crippen LogP contribution in [-0.2, 0) is 9.47 Å². The molecule has 0 N–H and O–H groups in total. The molecule has 1 aromatic carbocycles. The number of carbonyl (C=O) groups excluding carboxylic acids is 1. The SMILES string of the molecule is CC(C)OC(C)(OC(C)C)C(=O)c1ccccc1. The molecule has 3 nitrogen and oxygen atoms in total. The van der Waals surface area contributed by atoms with E-state index in [1.54, 1.807) is 19.1 Å². The molecule has 0 unspecified atom stereocenters. The first-order chi connectivity index (χ1) is 8.35. The minimum atomic E-state index is -1.23. The summed E-state index contributed by atoms with van der Waals surface area (Å²) in [5.74, 6) is -1.38. The van der Waals surface area contributed by atoms with Crippen LogP contribution in [0.2, 0.25) is 0 Å². The van der Waals surface area contributed by atoms with Gasteiger partial charge < -0.3 is 9.47 Å². The molecular formula is C15H22O3. The Balaban J connectivity index is 2.99. The molecule has 0 saturated heterocycles. The van der Waals surface area contributed by atoms with E-state index in [9.17, 15) is 4.79 Å². The lowest BCUT2D eigenvalue weighted by Gasteiger charge is -2.32. The van der Waals surface area contributed by atoms with Crippen LogP contribution in [0, 0.1) is 0 Å². The van der Waals surface area contributed by atoms with E-state index < -0.39 is 5.79 Å². The zero-order chi connectivity index (χ0) is 13.8. The maximum absolute atomic E-state index is 12.5. The molecule has 0 spiro atoms. The Morgan fingerprint density at radius 1 is 1.00 bits per heavy atom. The normalized spacial score (nSPS) is 12.2. The van der Waals surface area contributed by atoms with Gasteiger partial charge in [-0.25, -0.2) is 0 Å². The molecule has 18 heavy (non-hydrogen) atoms. The largest absolute Gasteiger partial charge is 0.341 e. The average molecular weight is 250 g/mol. The summed E-state index contributed by atoms with van der Waals surface area (Å²) >= 11 is 0. The standard InChI is InChI=1S/C15H22O3/c1-11(2)17-15(5,18-12(3)4)14(16)13-9-7-6-8-10-13/h6-12H,1-5H3. The van der Waals surface area contributed by atoms with Crippen LogP contribution in [0.5, 0.6) is 0 Å². The quantitative estimate of drug-likeness (QED) is 0.573. The number of Topliss-reactive ketones (excluding diaryl/α,β-unsaturated/α-hetero) is 1. The van der Waals surface area contributed by atoms with Crippen molar-refractivity contribution >= 4 is 5.78 Å². The molecule has 1 aromatic rings. The number of ketones is 1. The third kappa shape index (κ3) is 3.93. The molecule has 0 amide bonds. The van der Waals surface area contributed by atoms with Gasteiger partial charge in [0.2, 0.25) is 11.6 Å². The highest BCUT2D eigenvalue weighted by Gasteiger charge is 2.37. The van der Waals surface area contributed by atoms with Gasteiger partial charge in [-0.3, -0.25) is 4.79 Å². The van der Waals surface area contributed by atoms with Crippen molar-refractivity contribution in [2.75, 3.05) is 0 Å². The molecule has 0 atom stereocenters. The van der Waals surface area contributed by atoms with Crippen LogP contribution in [0.3, 0.4) is 0 Å². The van der Waals surface area contributed by atoms with Crippen molar-refractivity contribution in [3.05, 3.63) is 35.9 Å². The van der Waals surface area contributed by atoms with Gasteiger partial charge in [-0.05, 0) is 34.6 Å². The second-order valence-corrected chi connectivity index (χ2v) is 4.97. The van der Waals surface area contributed by atoms with E-state index in [0.717, 1.165) is 0 Å². The van der Waals surface area contributed by atoms with Gasteiger partial charge in [-0.15, -0.1) is 0 Å². The highest BCUT2D eigenvalue weighted by molar-refractivity contribution is 6.01. The van der Waals surface area contributed by atoms with Crippen LogP contribution in [0.1, 0.15) is 45.0 Å². The third-order valence-electron chi connectivity index (χ3n) is 2.37. The first-order valence-electron chi connectivity index (χ1n) is 6.30. The third-order valence-corrected chi connectivity index (χ3v) is 2.37. The first-order valence-corrected chi connectivity index (χ1v) is 6.30. The number of rotatable bonds is 6. The predicted molar refractivity (Wildman–Crippen MR) is 71.6 cm³/mol. The van der Waals surface area contributed by atoms with Crippen molar-refractivity contribution in [2.45, 2.75) is 52.6 Å². The molecule has 0 aliphatic carbocycles. The fourth-order valence-corrected chi connectivity index (χ4v) is 1.89. The van der Waals surface area contributed by atoms with Gasteiger partial charge in [0.25, 0.3) is 0 Å². The van der Waals surface area contributed by atoms with Gasteiger partial charge in [-0.1, -0.05) is 30.3 Å². The zero-order valence-electron chi connectivity index (χ0n) is 11.8. The van der Waals surface area contributed by atoms with Gasteiger partial charge in [0.1, 0.15) is 0 Å². The van der Waals surface area contributed by atoms with E-state index in [2.05, 4.69) is 0 Å². The van der Waals surface area contributed by atoms with E-state index in [-0.39, 0.29) is 18.0 Å². The summed E-state index contributed by atoms with van der Waals surface area (Å²) in [4.78, 5) is 12.5. The number of hydrogen-bond donors (Lipinski definition) is 0. The Bertz CT molecular complexity index is 372. The van der Waals surface area contributed by atoms with Gasteiger partial charge in [-0.2, -0.15) is 0 Å². The highest BCUT2D eigenvalue weighted by Crippen LogP contribution is 2.23. The Hall–Kier alpha value is -1.19. The average Bonchev–Trinajstić information content (AvgIpc) is 2.27. The lowest BCUT2D eigenvalue weighted by molar-refractivity contribution is -0.223. The fourth-order valence-electron chi connectivity index (χ4n) is 1.89. The lowest BCUT2D eigenvalue weighted by Crippen LogP contribution is -2.45. The van der Waals surface area contributed by atoms with Crippen LogP contribution in [0.15, 0.2) is 30.3 Å². The maximum atomic E-state index is 12.5. The Morgan fingerprint density at radius 2 is 1.44 bits per heavy atom. The molecule has 1 rings (SSSR count). The number of benzene rings is 1. The van der Waals surface area contributed by atoms with Crippen LogP contribution in [0.4, 0.5) is 0 Å². The van der Waals surface area contributed by atoms with E-state index in [4.69, 9.17) is 9.47 Å². The topological polar surface area (TPSA) is 35.5 Å². The van der Waals surface area contributed by atoms with Crippen LogP contribution < -0.4 is 0 Å². The highest BCUT2D eigenvalue weighted by atomic mass is 16.7. The molecule has 0 saturated carbocycles. The van der Waals surface area contributed by atoms with Crippen LogP contribution in [0.25, 0.3) is 0 Å². The fraction of sp³-hybridized carbons (Fsp3) is 0.533. The molecule has 0 aliphatic rings. The number of carbonyl (C=O) groups is 1. The maximum Gasteiger partial charge on any atom is 0.231 e. The summed E-state index contributed by atoms with van der Waals surface area (Å²) in [7, 11) is 0. The minimum absolute atomic E-state index is 0.0820. The smallest absolute Gasteiger partial charge is 0.231 e. The summed E-state index contributed by atoms with van der Waals surface area (Å²) in [5.41, 5.74) is 0.598. The monoisotopic (exact) mass is 250 g/mol. The van der Waals surface area contributed by atoms with E-state index in [1.807, 2.05) is 45.9 Å².